The fourth-order valence-electron chi connectivity index (χ4n) is 1.79. The van der Waals surface area contributed by atoms with Crippen LogP contribution < -0.4 is 5.32 Å². The minimum Gasteiger partial charge on any atom is -0.356 e. The summed E-state index contributed by atoms with van der Waals surface area (Å²) >= 11 is 0. The van der Waals surface area contributed by atoms with E-state index >= 15 is 0 Å². The highest BCUT2D eigenvalue weighted by atomic mass is 16.1. The van der Waals surface area contributed by atoms with Crippen molar-refractivity contribution in [2.24, 2.45) is 0 Å². The van der Waals surface area contributed by atoms with Gasteiger partial charge in [-0.15, -0.1) is 0 Å². The van der Waals surface area contributed by atoms with Crippen LogP contribution in [0.15, 0.2) is 18.3 Å². The quantitative estimate of drug-likeness (QED) is 0.789. The van der Waals surface area contributed by atoms with Crippen LogP contribution in [0.25, 0.3) is 0 Å². The van der Waals surface area contributed by atoms with E-state index in [0.717, 1.165) is 18.7 Å². The molecule has 0 bridgehead atoms. The average Bonchev–Trinajstić information content (AvgIpc) is 2.32. The Kier molecular flexibility index (Phi) is 4.96. The van der Waals surface area contributed by atoms with E-state index in [1.165, 1.54) is 5.56 Å². The summed E-state index contributed by atoms with van der Waals surface area (Å²) in [6, 6.07) is 4.08. The molecule has 2 rings (SSSR count). The molecule has 3 heteroatoms. The summed E-state index contributed by atoms with van der Waals surface area (Å²) in [4.78, 5) is 15.4. The second-order valence-corrected chi connectivity index (χ2v) is 3.77. The first-order valence-electron chi connectivity index (χ1n) is 5.95. The average molecular weight is 220 g/mol. The molecule has 1 unspecified atom stereocenters. The van der Waals surface area contributed by atoms with Gasteiger partial charge in [-0.2, -0.15) is 0 Å². The number of hydrogen-bond donors (Lipinski definition) is 1. The molecule has 0 radical (unpaired) electrons. The van der Waals surface area contributed by atoms with E-state index in [1.54, 1.807) is 0 Å². The number of carbonyl (C=O) groups excluding carboxylic acids is 1. The fourth-order valence-corrected chi connectivity index (χ4v) is 1.79. The predicted octanol–water partition coefficient (Wildman–Crippen LogP) is 2.41. The van der Waals surface area contributed by atoms with Crippen LogP contribution >= 0.6 is 0 Å². The second-order valence-electron chi connectivity index (χ2n) is 3.77. The van der Waals surface area contributed by atoms with Crippen molar-refractivity contribution in [3.63, 3.8) is 0 Å². The van der Waals surface area contributed by atoms with Crippen LogP contribution in [0.3, 0.4) is 0 Å². The zero-order valence-electron chi connectivity index (χ0n) is 10.3. The lowest BCUT2D eigenvalue weighted by Crippen LogP contribution is -2.32. The Morgan fingerprint density at radius 1 is 1.38 bits per heavy atom. The lowest BCUT2D eigenvalue weighted by Gasteiger charge is -2.21. The fraction of sp³-hybridized carbons (Fsp3) is 0.538. The lowest BCUT2D eigenvalue weighted by molar-refractivity contribution is -0.122. The second kappa shape index (κ2) is 6.26. The van der Waals surface area contributed by atoms with E-state index in [9.17, 15) is 4.79 Å². The molecule has 1 amide bonds. The Morgan fingerprint density at radius 2 is 2.12 bits per heavy atom. The molecule has 16 heavy (non-hydrogen) atoms. The van der Waals surface area contributed by atoms with Gasteiger partial charge in [0.25, 0.3) is 0 Å². The highest BCUT2D eigenvalue weighted by Crippen LogP contribution is 2.24. The number of carbonyl (C=O) groups is 1. The molecular weight excluding hydrogens is 200 g/mol. The summed E-state index contributed by atoms with van der Waals surface area (Å²) in [6.07, 6.45) is 3.51. The van der Waals surface area contributed by atoms with Crippen molar-refractivity contribution in [1.29, 1.82) is 0 Å². The zero-order valence-corrected chi connectivity index (χ0v) is 10.3. The normalized spacial score (nSPS) is 19.4. The molecule has 1 fully saturated rings. The zero-order chi connectivity index (χ0) is 12.0. The SMILES string of the molecule is CC.Cc1ccc(C2CCNC(=O)C2)cn1. The van der Waals surface area contributed by atoms with Crippen molar-refractivity contribution in [2.75, 3.05) is 6.54 Å². The molecule has 1 aromatic rings. The minimum atomic E-state index is 0.154. The summed E-state index contributed by atoms with van der Waals surface area (Å²) in [7, 11) is 0. The van der Waals surface area contributed by atoms with Crippen LogP contribution in [0.2, 0.25) is 0 Å². The van der Waals surface area contributed by atoms with Gasteiger partial charge in [0.1, 0.15) is 0 Å². The topological polar surface area (TPSA) is 42.0 Å². The standard InChI is InChI=1S/C11H14N2O.C2H6/c1-8-2-3-10(7-13-8)9-4-5-12-11(14)6-9;1-2/h2-3,7,9H,4-6H2,1H3,(H,12,14);1-2H3. The molecule has 1 aliphatic heterocycles. The Balaban J connectivity index is 0.000000606. The molecule has 1 N–H and O–H groups in total. The summed E-state index contributed by atoms with van der Waals surface area (Å²) in [6.45, 7) is 6.76. The van der Waals surface area contributed by atoms with Gasteiger partial charge in [-0.3, -0.25) is 9.78 Å². The van der Waals surface area contributed by atoms with Crippen LogP contribution in [-0.2, 0) is 4.79 Å². The van der Waals surface area contributed by atoms with Crippen LogP contribution in [0.1, 0.15) is 43.9 Å². The van der Waals surface area contributed by atoms with Crippen LogP contribution in [0, 0.1) is 6.92 Å². The van der Waals surface area contributed by atoms with Crippen molar-refractivity contribution < 1.29 is 4.79 Å². The van der Waals surface area contributed by atoms with Gasteiger partial charge in [0, 0.05) is 24.9 Å². The van der Waals surface area contributed by atoms with Crippen LogP contribution in [0.5, 0.6) is 0 Å². The maximum atomic E-state index is 11.2. The highest BCUT2D eigenvalue weighted by molar-refractivity contribution is 5.77. The molecule has 0 aliphatic carbocycles. The van der Waals surface area contributed by atoms with Crippen molar-refractivity contribution in [3.05, 3.63) is 29.6 Å². The maximum Gasteiger partial charge on any atom is 0.220 e. The van der Waals surface area contributed by atoms with Crippen molar-refractivity contribution in [2.45, 2.75) is 39.5 Å². The molecule has 0 spiro atoms. The molecule has 1 atom stereocenters. The van der Waals surface area contributed by atoms with E-state index < -0.39 is 0 Å². The number of aryl methyl sites for hydroxylation is 1. The smallest absolute Gasteiger partial charge is 0.220 e. The molecule has 0 aromatic carbocycles. The van der Waals surface area contributed by atoms with E-state index in [-0.39, 0.29) is 5.91 Å². The Bertz CT molecular complexity index is 332. The number of aromatic nitrogens is 1. The molecule has 88 valence electrons. The van der Waals surface area contributed by atoms with E-state index in [2.05, 4.69) is 16.4 Å². The molecule has 1 aromatic heterocycles. The number of hydrogen-bond acceptors (Lipinski definition) is 2. The summed E-state index contributed by atoms with van der Waals surface area (Å²) < 4.78 is 0. The molecule has 2 heterocycles. The largest absolute Gasteiger partial charge is 0.356 e. The van der Waals surface area contributed by atoms with Gasteiger partial charge in [0.15, 0.2) is 0 Å². The number of rotatable bonds is 1. The van der Waals surface area contributed by atoms with Gasteiger partial charge < -0.3 is 5.32 Å². The van der Waals surface area contributed by atoms with Gasteiger partial charge in [-0.1, -0.05) is 19.9 Å². The van der Waals surface area contributed by atoms with Crippen molar-refractivity contribution >= 4 is 5.91 Å². The first-order valence-corrected chi connectivity index (χ1v) is 5.95. The van der Waals surface area contributed by atoms with Crippen molar-refractivity contribution in [3.8, 4) is 0 Å². The van der Waals surface area contributed by atoms with Gasteiger partial charge in [0.05, 0.1) is 0 Å². The number of nitrogens with zero attached hydrogens (tertiary/aromatic N) is 1. The lowest BCUT2D eigenvalue weighted by atomic mass is 9.91. The summed E-state index contributed by atoms with van der Waals surface area (Å²) in [5.74, 6) is 0.513. The Hall–Kier alpha value is -1.38. The first kappa shape index (κ1) is 12.7. The molecule has 1 aliphatic rings. The number of nitrogens with one attached hydrogen (secondary N) is 1. The minimum absolute atomic E-state index is 0.154. The number of pyridine rings is 1. The predicted molar refractivity (Wildman–Crippen MR) is 65.3 cm³/mol. The molecule has 0 saturated carbocycles. The number of piperidine rings is 1. The van der Waals surface area contributed by atoms with Crippen LogP contribution in [0.4, 0.5) is 0 Å². The summed E-state index contributed by atoms with van der Waals surface area (Å²) in [5.41, 5.74) is 2.21. The molecule has 3 nitrogen and oxygen atoms in total. The summed E-state index contributed by atoms with van der Waals surface area (Å²) in [5, 5.41) is 2.83. The van der Waals surface area contributed by atoms with E-state index in [4.69, 9.17) is 0 Å². The van der Waals surface area contributed by atoms with Gasteiger partial charge in [-0.05, 0) is 30.9 Å². The van der Waals surface area contributed by atoms with Gasteiger partial charge in [0.2, 0.25) is 5.91 Å². The monoisotopic (exact) mass is 220 g/mol. The van der Waals surface area contributed by atoms with Crippen molar-refractivity contribution in [1.82, 2.24) is 10.3 Å². The highest BCUT2D eigenvalue weighted by Gasteiger charge is 2.20. The van der Waals surface area contributed by atoms with E-state index in [0.29, 0.717) is 12.3 Å². The third-order valence-corrected chi connectivity index (χ3v) is 2.65. The third-order valence-electron chi connectivity index (χ3n) is 2.65. The number of amides is 1. The van der Waals surface area contributed by atoms with Gasteiger partial charge >= 0.3 is 0 Å². The Morgan fingerprint density at radius 3 is 2.69 bits per heavy atom. The maximum absolute atomic E-state index is 11.2. The Labute approximate surface area is 97.3 Å². The van der Waals surface area contributed by atoms with Gasteiger partial charge in [-0.25, -0.2) is 0 Å². The molecular formula is C13H20N2O. The van der Waals surface area contributed by atoms with Crippen LogP contribution in [-0.4, -0.2) is 17.4 Å². The third kappa shape index (κ3) is 3.33. The molecule has 1 saturated heterocycles. The first-order chi connectivity index (χ1) is 7.75. The van der Waals surface area contributed by atoms with E-state index in [1.807, 2.05) is 33.0 Å².